The zero-order chi connectivity index (χ0) is 22.0. The quantitative estimate of drug-likeness (QED) is 0.487. The van der Waals surface area contributed by atoms with Crippen LogP contribution in [-0.2, 0) is 4.79 Å². The molecular formula is C21H17BrClIN4O2. The van der Waals surface area contributed by atoms with Crippen molar-refractivity contribution in [1.82, 2.24) is 10.3 Å². The number of amides is 2. The van der Waals surface area contributed by atoms with Gasteiger partial charge in [0, 0.05) is 28.0 Å². The molecule has 2 amide bonds. The van der Waals surface area contributed by atoms with E-state index in [1.165, 1.54) is 0 Å². The second-order valence-electron chi connectivity index (χ2n) is 6.49. The van der Waals surface area contributed by atoms with Crippen molar-refractivity contribution >= 4 is 77.8 Å². The van der Waals surface area contributed by atoms with E-state index in [-0.39, 0.29) is 11.8 Å². The van der Waals surface area contributed by atoms with Gasteiger partial charge in [-0.15, -0.1) is 0 Å². The summed E-state index contributed by atoms with van der Waals surface area (Å²) < 4.78 is 1.40. The highest BCUT2D eigenvalue weighted by Crippen LogP contribution is 2.33. The van der Waals surface area contributed by atoms with Crippen molar-refractivity contribution in [3.05, 3.63) is 74.1 Å². The highest BCUT2D eigenvalue weighted by molar-refractivity contribution is 14.1. The number of hydrogen-bond donors (Lipinski definition) is 2. The number of anilines is 1. The van der Waals surface area contributed by atoms with Crippen LogP contribution in [0.2, 0.25) is 5.02 Å². The van der Waals surface area contributed by atoms with Crippen LogP contribution in [0, 0.1) is 10.5 Å². The Morgan fingerprint density at radius 1 is 1.30 bits per heavy atom. The Morgan fingerprint density at radius 3 is 2.70 bits per heavy atom. The zero-order valence-corrected chi connectivity index (χ0v) is 20.6. The number of nitrogens with zero attached hydrogens (tertiary/aromatic N) is 2. The van der Waals surface area contributed by atoms with Gasteiger partial charge >= 0.3 is 0 Å². The number of benzene rings is 1. The molecule has 1 unspecified atom stereocenters. The van der Waals surface area contributed by atoms with E-state index in [4.69, 9.17) is 11.6 Å². The van der Waals surface area contributed by atoms with Crippen molar-refractivity contribution in [3.63, 3.8) is 0 Å². The van der Waals surface area contributed by atoms with Crippen LogP contribution >= 0.6 is 50.1 Å². The summed E-state index contributed by atoms with van der Waals surface area (Å²) in [5.74, 6) is -0.674. The number of aryl methyl sites for hydroxylation is 1. The number of rotatable bonds is 5. The lowest BCUT2D eigenvalue weighted by Crippen LogP contribution is -2.26. The minimum atomic E-state index is -0.653. The van der Waals surface area contributed by atoms with Gasteiger partial charge in [-0.2, -0.15) is 0 Å². The summed E-state index contributed by atoms with van der Waals surface area (Å²) >= 11 is 11.7. The van der Waals surface area contributed by atoms with E-state index >= 15 is 0 Å². The molecule has 154 valence electrons. The fourth-order valence-electron chi connectivity index (χ4n) is 3.05. The van der Waals surface area contributed by atoms with Crippen molar-refractivity contribution in [2.24, 2.45) is 4.99 Å². The van der Waals surface area contributed by atoms with Crippen LogP contribution in [0.1, 0.15) is 21.6 Å². The van der Waals surface area contributed by atoms with Crippen LogP contribution in [0.4, 0.5) is 5.69 Å². The van der Waals surface area contributed by atoms with Crippen molar-refractivity contribution < 1.29 is 9.59 Å². The minimum absolute atomic E-state index is 0.286. The molecule has 0 aliphatic carbocycles. The summed E-state index contributed by atoms with van der Waals surface area (Å²) in [5.41, 5.74) is 2.96. The van der Waals surface area contributed by atoms with Crippen LogP contribution in [0.3, 0.4) is 0 Å². The Kier molecular flexibility index (Phi) is 7.10. The molecular weight excluding hydrogens is 583 g/mol. The van der Waals surface area contributed by atoms with Gasteiger partial charge in [0.1, 0.15) is 10.7 Å². The summed E-state index contributed by atoms with van der Waals surface area (Å²) in [4.78, 5) is 34.3. The van der Waals surface area contributed by atoms with Gasteiger partial charge in [0.2, 0.25) is 0 Å². The van der Waals surface area contributed by atoms with Gasteiger partial charge in [-0.3, -0.25) is 19.6 Å². The lowest BCUT2D eigenvalue weighted by molar-refractivity contribution is -0.112. The van der Waals surface area contributed by atoms with Gasteiger partial charge in [0.25, 0.3) is 11.8 Å². The fourth-order valence-corrected chi connectivity index (χ4v) is 4.53. The minimum Gasteiger partial charge on any atom is -0.355 e. The number of allylic oxidation sites excluding steroid dienone is 1. The van der Waals surface area contributed by atoms with Crippen LogP contribution in [-0.4, -0.2) is 34.5 Å². The van der Waals surface area contributed by atoms with Gasteiger partial charge in [0.15, 0.2) is 0 Å². The molecule has 1 aliphatic rings. The summed E-state index contributed by atoms with van der Waals surface area (Å²) in [6, 6.07) is 6.39. The maximum Gasteiger partial charge on any atom is 0.254 e. The molecule has 0 bridgehead atoms. The molecule has 0 saturated heterocycles. The number of carbonyl (C=O) groups excluding carboxylic acids is 2. The summed E-state index contributed by atoms with van der Waals surface area (Å²) in [6.45, 7) is 5.91. The molecule has 2 heterocycles. The van der Waals surface area contributed by atoms with E-state index in [1.54, 1.807) is 37.5 Å². The largest absolute Gasteiger partial charge is 0.355 e. The van der Waals surface area contributed by atoms with Gasteiger partial charge in [0.05, 0.1) is 22.0 Å². The molecule has 30 heavy (non-hydrogen) atoms. The first kappa shape index (κ1) is 22.6. The van der Waals surface area contributed by atoms with Crippen LogP contribution in [0.25, 0.3) is 5.57 Å². The maximum absolute atomic E-state index is 13.2. The maximum atomic E-state index is 13.2. The molecule has 3 rings (SSSR count). The van der Waals surface area contributed by atoms with E-state index in [0.29, 0.717) is 37.7 Å². The lowest BCUT2D eigenvalue weighted by Gasteiger charge is -2.18. The topological polar surface area (TPSA) is 83.5 Å². The first-order valence-corrected chi connectivity index (χ1v) is 11.1. The Morgan fingerprint density at radius 2 is 2.03 bits per heavy atom. The summed E-state index contributed by atoms with van der Waals surface area (Å²) in [6.07, 6.45) is 3.23. The Hall–Kier alpha value is -2.04. The molecule has 0 radical (unpaired) electrons. The molecule has 1 atom stereocenters. The number of aliphatic imine (C=N–C) groups is 1. The molecule has 1 aliphatic heterocycles. The van der Waals surface area contributed by atoms with E-state index in [2.05, 4.69) is 65.7 Å². The monoisotopic (exact) mass is 598 g/mol. The molecule has 6 nitrogen and oxygen atoms in total. The van der Waals surface area contributed by atoms with Gasteiger partial charge in [-0.05, 0) is 81.3 Å². The predicted octanol–water partition coefficient (Wildman–Crippen LogP) is 4.76. The molecule has 9 heteroatoms. The van der Waals surface area contributed by atoms with Crippen LogP contribution in [0.5, 0.6) is 0 Å². The Bertz CT molecular complexity index is 1130. The van der Waals surface area contributed by atoms with E-state index < -0.39 is 6.04 Å². The van der Waals surface area contributed by atoms with Gasteiger partial charge in [-0.25, -0.2) is 0 Å². The highest BCUT2D eigenvalue weighted by Gasteiger charge is 2.31. The molecule has 1 aromatic heterocycles. The third-order valence-corrected chi connectivity index (χ3v) is 5.85. The average molecular weight is 600 g/mol. The normalized spacial score (nSPS) is 15.3. The van der Waals surface area contributed by atoms with Crippen molar-refractivity contribution in [1.29, 1.82) is 0 Å². The average Bonchev–Trinajstić information content (AvgIpc) is 3.10. The highest BCUT2D eigenvalue weighted by atomic mass is 127. The standard InChI is InChI=1S/C21H17BrClIN4O2/c1-10-7-12(24)8-13(20(29)25-3)17(10)28-21(30)14-9-16(22)27-18(14)11(2)19-15(23)5-4-6-26-19/h4-9,18H,2H2,1,3H3,(H,25,29)(H,28,30). The number of carbonyl (C=O) groups is 2. The zero-order valence-electron chi connectivity index (χ0n) is 16.1. The first-order chi connectivity index (χ1) is 14.2. The van der Waals surface area contributed by atoms with E-state index in [9.17, 15) is 9.59 Å². The fraction of sp³-hybridized carbons (Fsp3) is 0.143. The molecule has 2 N–H and O–H groups in total. The van der Waals surface area contributed by atoms with Crippen molar-refractivity contribution in [3.8, 4) is 0 Å². The Balaban J connectivity index is 1.94. The number of pyridine rings is 1. The van der Waals surface area contributed by atoms with Gasteiger partial charge in [-0.1, -0.05) is 18.2 Å². The molecule has 2 aromatic rings. The van der Waals surface area contributed by atoms with Crippen LogP contribution in [0.15, 0.2) is 53.7 Å². The summed E-state index contributed by atoms with van der Waals surface area (Å²) in [5, 5.41) is 5.91. The van der Waals surface area contributed by atoms with Crippen molar-refractivity contribution in [2.45, 2.75) is 13.0 Å². The smallest absolute Gasteiger partial charge is 0.254 e. The molecule has 1 aromatic carbocycles. The van der Waals surface area contributed by atoms with Crippen LogP contribution < -0.4 is 10.6 Å². The van der Waals surface area contributed by atoms with E-state index in [0.717, 1.165) is 9.13 Å². The number of nitrogens with one attached hydrogen (secondary N) is 2. The summed E-state index contributed by atoms with van der Waals surface area (Å²) in [7, 11) is 1.55. The lowest BCUT2D eigenvalue weighted by atomic mass is 9.97. The third-order valence-electron chi connectivity index (χ3n) is 4.49. The number of halogens is 3. The first-order valence-electron chi connectivity index (χ1n) is 8.81. The van der Waals surface area contributed by atoms with Crippen molar-refractivity contribution in [2.75, 3.05) is 12.4 Å². The Labute approximate surface area is 201 Å². The van der Waals surface area contributed by atoms with E-state index in [1.807, 2.05) is 13.0 Å². The molecule has 0 fully saturated rings. The third kappa shape index (κ3) is 4.65. The number of hydrogen-bond acceptors (Lipinski definition) is 4. The van der Waals surface area contributed by atoms with Gasteiger partial charge < -0.3 is 10.6 Å². The second kappa shape index (κ2) is 9.40. The SMILES string of the molecule is C=C(c1ncccc1Cl)C1N=C(Br)C=C1C(=O)Nc1c(C)cc(I)cc1C(=O)NC. The second-order valence-corrected chi connectivity index (χ2v) is 8.96. The molecule has 0 saturated carbocycles. The molecule has 0 spiro atoms. The predicted molar refractivity (Wildman–Crippen MR) is 132 cm³/mol. The number of aromatic nitrogens is 1.